The van der Waals surface area contributed by atoms with Crippen LogP contribution in [0.1, 0.15) is 18.6 Å². The van der Waals surface area contributed by atoms with E-state index in [1.165, 1.54) is 19.2 Å². The molecule has 10 heteroatoms. The number of non-ortho nitro benzene ring substituents is 1. The first-order valence-electron chi connectivity index (χ1n) is 9.66. The number of furan rings is 1. The van der Waals surface area contributed by atoms with Gasteiger partial charge in [0.1, 0.15) is 11.5 Å². The summed E-state index contributed by atoms with van der Waals surface area (Å²) < 4.78 is 10.7. The summed E-state index contributed by atoms with van der Waals surface area (Å²) in [5.74, 6) is 1.21. The van der Waals surface area contributed by atoms with E-state index in [4.69, 9.17) is 19.1 Å². The smallest absolute Gasteiger partial charge is 0.306 e. The first-order valence-corrected chi connectivity index (χ1v) is 9.66. The second-order valence-corrected chi connectivity index (χ2v) is 6.93. The molecule has 0 spiro atoms. The Hall–Kier alpha value is -3.24. The third-order valence-corrected chi connectivity index (χ3v) is 4.34. The summed E-state index contributed by atoms with van der Waals surface area (Å²) in [5.41, 5.74) is 0.830. The Labute approximate surface area is 181 Å². The van der Waals surface area contributed by atoms with E-state index in [2.05, 4.69) is 9.80 Å². The third-order valence-electron chi connectivity index (χ3n) is 4.34. The van der Waals surface area contributed by atoms with E-state index in [1.54, 1.807) is 12.1 Å². The summed E-state index contributed by atoms with van der Waals surface area (Å²) in [5, 5.41) is 17.7. The van der Waals surface area contributed by atoms with Crippen molar-refractivity contribution in [3.8, 4) is 11.3 Å². The van der Waals surface area contributed by atoms with Gasteiger partial charge in [-0.25, -0.2) is 0 Å². The van der Waals surface area contributed by atoms with Gasteiger partial charge in [-0.15, -0.1) is 0 Å². The Morgan fingerprint density at radius 2 is 1.81 bits per heavy atom. The molecular formula is C21H29N3O7. The van der Waals surface area contributed by atoms with Crippen molar-refractivity contribution in [1.29, 1.82) is 0 Å². The minimum Gasteiger partial charge on any atom is -0.483 e. The highest BCUT2D eigenvalue weighted by Gasteiger charge is 2.13. The first kappa shape index (κ1) is 25.8. The van der Waals surface area contributed by atoms with Crippen molar-refractivity contribution in [3.05, 3.63) is 52.3 Å². The lowest BCUT2D eigenvalue weighted by Crippen LogP contribution is -2.29. The zero-order chi connectivity index (χ0) is 23.2. The van der Waals surface area contributed by atoms with Crippen LogP contribution in [-0.4, -0.2) is 73.1 Å². The van der Waals surface area contributed by atoms with Crippen molar-refractivity contribution in [1.82, 2.24) is 9.80 Å². The Morgan fingerprint density at radius 3 is 2.35 bits per heavy atom. The number of nitrogens with zero attached hydrogens (tertiary/aromatic N) is 3. The molecule has 1 aromatic heterocycles. The van der Waals surface area contributed by atoms with Crippen LogP contribution in [0.5, 0.6) is 0 Å². The van der Waals surface area contributed by atoms with Crippen LogP contribution < -0.4 is 0 Å². The number of hydrogen-bond acceptors (Lipinski definition) is 8. The predicted octanol–water partition coefficient (Wildman–Crippen LogP) is 2.87. The van der Waals surface area contributed by atoms with Gasteiger partial charge in [0, 0.05) is 24.2 Å². The lowest BCUT2D eigenvalue weighted by atomic mass is 10.1. The highest BCUT2D eigenvalue weighted by atomic mass is 16.6. The Morgan fingerprint density at radius 1 is 1.16 bits per heavy atom. The van der Waals surface area contributed by atoms with Gasteiger partial charge in [-0.3, -0.25) is 24.6 Å². The van der Waals surface area contributed by atoms with Gasteiger partial charge in [-0.05, 0) is 57.9 Å². The molecule has 2 rings (SSSR count). The second kappa shape index (κ2) is 13.9. The molecule has 10 nitrogen and oxygen atoms in total. The van der Waals surface area contributed by atoms with Gasteiger partial charge in [0.25, 0.3) is 12.2 Å². The molecule has 1 heterocycles. The molecule has 0 radical (unpaired) electrons. The molecular weight excluding hydrogens is 406 g/mol. The topological polar surface area (TPSA) is 126 Å². The monoisotopic (exact) mass is 435 g/mol. The van der Waals surface area contributed by atoms with Crippen molar-refractivity contribution in [3.63, 3.8) is 0 Å². The number of nitro groups is 1. The van der Waals surface area contributed by atoms with Gasteiger partial charge in [-0.1, -0.05) is 0 Å². The van der Waals surface area contributed by atoms with Crippen molar-refractivity contribution >= 4 is 18.1 Å². The van der Waals surface area contributed by atoms with Crippen LogP contribution in [0.15, 0.2) is 40.8 Å². The predicted molar refractivity (Wildman–Crippen MR) is 115 cm³/mol. The summed E-state index contributed by atoms with van der Waals surface area (Å²) in [7, 11) is 5.45. The van der Waals surface area contributed by atoms with Crippen LogP contribution in [0.4, 0.5) is 5.69 Å². The van der Waals surface area contributed by atoms with Gasteiger partial charge in [0.2, 0.25) is 0 Å². The Balaban J connectivity index is 0.00000151. The van der Waals surface area contributed by atoms with Crippen LogP contribution in [0.2, 0.25) is 0 Å². The number of nitro benzene ring substituents is 1. The molecule has 0 saturated carbocycles. The molecule has 1 aromatic carbocycles. The van der Waals surface area contributed by atoms with Crippen LogP contribution in [0, 0.1) is 10.1 Å². The maximum Gasteiger partial charge on any atom is 0.306 e. The minimum absolute atomic E-state index is 0.0467. The van der Waals surface area contributed by atoms with Crippen molar-refractivity contribution in [2.75, 3.05) is 40.8 Å². The van der Waals surface area contributed by atoms with E-state index in [1.807, 2.05) is 26.2 Å². The molecule has 0 aliphatic heterocycles. The van der Waals surface area contributed by atoms with Gasteiger partial charge in [0.15, 0.2) is 0 Å². The summed E-state index contributed by atoms with van der Waals surface area (Å²) in [6.07, 6.45) is 1.30. The molecule has 0 atom stereocenters. The van der Waals surface area contributed by atoms with E-state index < -0.39 is 4.92 Å². The number of rotatable bonds is 11. The highest BCUT2D eigenvalue weighted by Crippen LogP contribution is 2.25. The average molecular weight is 435 g/mol. The molecule has 2 aromatic rings. The fourth-order valence-corrected chi connectivity index (χ4v) is 2.82. The zero-order valence-electron chi connectivity index (χ0n) is 18.0. The van der Waals surface area contributed by atoms with Crippen LogP contribution in [0.3, 0.4) is 0 Å². The molecule has 1 N–H and O–H groups in total. The van der Waals surface area contributed by atoms with E-state index >= 15 is 0 Å². The largest absolute Gasteiger partial charge is 0.483 e. The Bertz CT molecular complexity index is 819. The minimum atomic E-state index is -0.426. The van der Waals surface area contributed by atoms with Crippen LogP contribution in [0.25, 0.3) is 11.3 Å². The van der Waals surface area contributed by atoms with Gasteiger partial charge < -0.3 is 19.2 Å². The molecule has 0 fully saturated rings. The highest BCUT2D eigenvalue weighted by molar-refractivity contribution is 5.69. The van der Waals surface area contributed by atoms with Crippen LogP contribution in [-0.2, 0) is 20.9 Å². The first-order chi connectivity index (χ1) is 14.8. The maximum absolute atomic E-state index is 11.5. The number of benzene rings is 1. The second-order valence-electron chi connectivity index (χ2n) is 6.93. The number of carbonyl (C=O) groups is 2. The molecule has 0 saturated heterocycles. The number of carboxylic acid groups (broad SMARTS) is 1. The van der Waals surface area contributed by atoms with Crippen molar-refractivity contribution < 1.29 is 28.8 Å². The standard InChI is InChI=1S/C20H27N3O5.CH2O2/c1-21(2)12-4-13-22(14-11-20(24)27-3)15-18-9-10-19(28-18)16-5-7-17(8-6-16)23(25)26;2-1-3/h5-10H,4,11-15H2,1-3H3;1H,(H,2,3). The van der Waals surface area contributed by atoms with E-state index in [0.29, 0.717) is 25.3 Å². The molecule has 0 aliphatic carbocycles. The van der Waals surface area contributed by atoms with Gasteiger partial charge in [-0.2, -0.15) is 0 Å². The van der Waals surface area contributed by atoms with E-state index in [9.17, 15) is 14.9 Å². The van der Waals surface area contributed by atoms with Crippen molar-refractivity contribution in [2.45, 2.75) is 19.4 Å². The lowest BCUT2D eigenvalue weighted by molar-refractivity contribution is -0.384. The molecule has 31 heavy (non-hydrogen) atoms. The maximum atomic E-state index is 11.5. The average Bonchev–Trinajstić information content (AvgIpc) is 3.20. The lowest BCUT2D eigenvalue weighted by Gasteiger charge is -2.21. The SMILES string of the molecule is COC(=O)CCN(CCCN(C)C)Cc1ccc(-c2ccc([N+](=O)[O-])cc2)o1.O=CO. The van der Waals surface area contributed by atoms with Crippen molar-refractivity contribution in [2.24, 2.45) is 0 Å². The summed E-state index contributed by atoms with van der Waals surface area (Å²) in [6.45, 7) is 2.72. The van der Waals surface area contributed by atoms with Crippen LogP contribution >= 0.6 is 0 Å². The fourth-order valence-electron chi connectivity index (χ4n) is 2.82. The van der Waals surface area contributed by atoms with Gasteiger partial charge >= 0.3 is 5.97 Å². The third kappa shape index (κ3) is 9.87. The quantitative estimate of drug-likeness (QED) is 0.245. The zero-order valence-corrected chi connectivity index (χ0v) is 18.0. The van der Waals surface area contributed by atoms with E-state index in [0.717, 1.165) is 30.8 Å². The van der Waals surface area contributed by atoms with Gasteiger partial charge in [0.05, 0.1) is 25.0 Å². The fraction of sp³-hybridized carbons (Fsp3) is 0.429. The molecule has 0 aliphatic rings. The summed E-state index contributed by atoms with van der Waals surface area (Å²) in [6, 6.07) is 10.0. The number of hydrogen-bond donors (Lipinski definition) is 1. The summed E-state index contributed by atoms with van der Waals surface area (Å²) in [4.78, 5) is 34.5. The molecule has 0 unspecified atom stereocenters. The normalized spacial score (nSPS) is 10.5. The number of esters is 1. The summed E-state index contributed by atoms with van der Waals surface area (Å²) >= 11 is 0. The molecule has 0 bridgehead atoms. The Kier molecular flexibility index (Phi) is 11.6. The molecule has 0 amide bonds. The van der Waals surface area contributed by atoms with E-state index in [-0.39, 0.29) is 18.1 Å². The number of ether oxygens (including phenoxy) is 1. The number of carbonyl (C=O) groups excluding carboxylic acids is 1. The number of methoxy groups -OCH3 is 1. The molecule has 170 valence electrons.